The van der Waals surface area contributed by atoms with Gasteiger partial charge in [-0.25, -0.2) is 4.90 Å². The lowest BCUT2D eigenvalue weighted by Crippen LogP contribution is -2.38. The van der Waals surface area contributed by atoms with E-state index in [0.29, 0.717) is 12.1 Å². The molecule has 6 heteroatoms. The van der Waals surface area contributed by atoms with Gasteiger partial charge in [0.15, 0.2) is 5.54 Å². The van der Waals surface area contributed by atoms with Gasteiger partial charge < -0.3 is 0 Å². The molecule has 0 saturated carbocycles. The van der Waals surface area contributed by atoms with Gasteiger partial charge in [-0.1, -0.05) is 29.3 Å². The molecule has 1 spiro atoms. The summed E-state index contributed by atoms with van der Waals surface area (Å²) in [7, 11) is 0. The van der Waals surface area contributed by atoms with Crippen LogP contribution in [0.3, 0.4) is 0 Å². The third-order valence-electron chi connectivity index (χ3n) is 3.47. The molecule has 1 fully saturated rings. The van der Waals surface area contributed by atoms with Crippen LogP contribution in [0.4, 0.5) is 5.69 Å². The minimum absolute atomic E-state index is 0.0480. The predicted molar refractivity (Wildman–Crippen MR) is 70.1 cm³/mol. The van der Waals surface area contributed by atoms with Gasteiger partial charge in [-0.3, -0.25) is 9.59 Å². The topological polar surface area (TPSA) is 62.1 Å². The van der Waals surface area contributed by atoms with Crippen LogP contribution >= 0.6 is 11.6 Å². The number of hydrogen-bond acceptors (Lipinski definition) is 4. The maximum absolute atomic E-state index is 12.5. The van der Waals surface area contributed by atoms with Crippen molar-refractivity contribution in [3.05, 3.63) is 29.8 Å². The smallest absolute Gasteiger partial charge is 0.264 e. The van der Waals surface area contributed by atoms with Crippen LogP contribution < -0.4 is 4.90 Å². The molecule has 2 aliphatic rings. The summed E-state index contributed by atoms with van der Waals surface area (Å²) in [6, 6.07) is 7.24. The van der Waals surface area contributed by atoms with Crippen LogP contribution in [0.25, 0.3) is 0 Å². The van der Waals surface area contributed by atoms with Crippen LogP contribution in [0.2, 0.25) is 0 Å². The van der Waals surface area contributed by atoms with Gasteiger partial charge in [-0.2, -0.15) is 10.2 Å². The number of carbonyl (C=O) groups is 2. The van der Waals surface area contributed by atoms with E-state index in [9.17, 15) is 9.59 Å². The van der Waals surface area contributed by atoms with Gasteiger partial charge in [0.2, 0.25) is 5.91 Å². The number of alkyl halides is 1. The van der Waals surface area contributed by atoms with Crippen LogP contribution in [0.15, 0.2) is 34.5 Å². The van der Waals surface area contributed by atoms with E-state index < -0.39 is 11.0 Å². The molecule has 0 aliphatic carbocycles. The van der Waals surface area contributed by atoms with Crippen LogP contribution in [-0.4, -0.2) is 22.9 Å². The fraction of sp³-hybridized carbons (Fsp3) is 0.385. The van der Waals surface area contributed by atoms with Gasteiger partial charge in [0.25, 0.3) is 5.91 Å². The van der Waals surface area contributed by atoms with Gasteiger partial charge in [0, 0.05) is 6.42 Å². The Balaban J connectivity index is 1.96. The molecule has 2 heterocycles. The lowest BCUT2D eigenvalue weighted by Gasteiger charge is -2.18. The quantitative estimate of drug-likeness (QED) is 0.450. The number of nitrogens with zero attached hydrogens (tertiary/aromatic N) is 3. The Morgan fingerprint density at radius 3 is 2.58 bits per heavy atom. The highest BCUT2D eigenvalue weighted by Gasteiger charge is 2.55. The summed E-state index contributed by atoms with van der Waals surface area (Å²) < 4.78 is 0. The maximum atomic E-state index is 12.5. The van der Waals surface area contributed by atoms with Gasteiger partial charge in [-0.15, -0.1) is 0 Å². The molecule has 3 rings (SSSR count). The molecule has 1 saturated heterocycles. The van der Waals surface area contributed by atoms with Gasteiger partial charge in [-0.05, 0) is 19.1 Å². The highest BCUT2D eigenvalue weighted by molar-refractivity contribution is 6.26. The van der Waals surface area contributed by atoms with E-state index in [2.05, 4.69) is 10.2 Å². The van der Waals surface area contributed by atoms with E-state index in [1.165, 1.54) is 4.90 Å². The molecule has 1 aromatic carbocycles. The van der Waals surface area contributed by atoms with Crippen molar-refractivity contribution in [2.24, 2.45) is 10.2 Å². The summed E-state index contributed by atoms with van der Waals surface area (Å²) in [6.45, 7) is 1.95. The third kappa shape index (κ3) is 1.85. The molecular weight excluding hydrogens is 266 g/mol. The van der Waals surface area contributed by atoms with E-state index in [0.717, 1.165) is 5.56 Å². The zero-order valence-electron chi connectivity index (χ0n) is 10.3. The highest BCUT2D eigenvalue weighted by atomic mass is 35.5. The standard InChI is InChI=1S/C13H12ClN3O2/c1-8-2-4-9(5-3-8)17-11(18)7-13(12(17)19)6-10(14)15-16-13/h2-5,10H,6-7H2,1H3/t10-,13+/m1/s1. The van der Waals surface area contributed by atoms with E-state index in [4.69, 9.17) is 11.6 Å². The van der Waals surface area contributed by atoms with Gasteiger partial charge in [0.05, 0.1) is 12.1 Å². The fourth-order valence-corrected chi connectivity index (χ4v) is 2.75. The first kappa shape index (κ1) is 12.3. The first-order chi connectivity index (χ1) is 9.02. The van der Waals surface area contributed by atoms with Crippen LogP contribution in [0, 0.1) is 6.92 Å². The van der Waals surface area contributed by atoms with E-state index in [1.54, 1.807) is 12.1 Å². The predicted octanol–water partition coefficient (Wildman–Crippen LogP) is 2.42. The summed E-state index contributed by atoms with van der Waals surface area (Å²) >= 11 is 5.87. The first-order valence-corrected chi connectivity index (χ1v) is 6.46. The normalized spacial score (nSPS) is 29.8. The highest BCUT2D eigenvalue weighted by Crippen LogP contribution is 2.40. The average Bonchev–Trinajstić information content (AvgIpc) is 2.84. The number of azo groups is 1. The van der Waals surface area contributed by atoms with Crippen molar-refractivity contribution in [2.75, 3.05) is 4.90 Å². The summed E-state index contributed by atoms with van der Waals surface area (Å²) in [6.07, 6.45) is 0.341. The summed E-state index contributed by atoms with van der Waals surface area (Å²) in [5, 5.41) is 7.74. The number of hydrogen-bond donors (Lipinski definition) is 0. The number of rotatable bonds is 1. The number of aryl methyl sites for hydroxylation is 1. The minimum atomic E-state index is -1.08. The molecule has 0 radical (unpaired) electrons. The number of halogens is 1. The molecular formula is C13H12ClN3O2. The second kappa shape index (κ2) is 4.13. The molecule has 1 aromatic rings. The minimum Gasteiger partial charge on any atom is -0.274 e. The molecule has 19 heavy (non-hydrogen) atoms. The Morgan fingerprint density at radius 1 is 1.32 bits per heavy atom. The van der Waals surface area contributed by atoms with Crippen LogP contribution in [0.5, 0.6) is 0 Å². The van der Waals surface area contributed by atoms with E-state index >= 15 is 0 Å². The fourth-order valence-electron chi connectivity index (χ4n) is 2.45. The van der Waals surface area contributed by atoms with Crippen molar-refractivity contribution in [2.45, 2.75) is 30.8 Å². The van der Waals surface area contributed by atoms with Crippen molar-refractivity contribution < 1.29 is 9.59 Å². The Kier molecular flexibility index (Phi) is 2.67. The van der Waals surface area contributed by atoms with Crippen molar-refractivity contribution in [3.63, 3.8) is 0 Å². The molecule has 5 nitrogen and oxygen atoms in total. The molecule has 0 N–H and O–H groups in total. The number of benzene rings is 1. The first-order valence-electron chi connectivity index (χ1n) is 6.02. The SMILES string of the molecule is Cc1ccc(N2C(=O)C[C@@]3(C[C@H](Cl)N=N3)C2=O)cc1. The maximum Gasteiger partial charge on any atom is 0.264 e. The zero-order chi connectivity index (χ0) is 13.6. The van der Waals surface area contributed by atoms with E-state index in [-0.39, 0.29) is 18.2 Å². The lowest BCUT2D eigenvalue weighted by molar-refractivity contribution is -0.122. The van der Waals surface area contributed by atoms with Crippen molar-refractivity contribution in [1.29, 1.82) is 0 Å². The monoisotopic (exact) mass is 277 g/mol. The van der Waals surface area contributed by atoms with Crippen LogP contribution in [0.1, 0.15) is 18.4 Å². The van der Waals surface area contributed by atoms with E-state index in [1.807, 2.05) is 19.1 Å². The number of anilines is 1. The van der Waals surface area contributed by atoms with Gasteiger partial charge >= 0.3 is 0 Å². The second-order valence-electron chi connectivity index (χ2n) is 4.93. The lowest BCUT2D eigenvalue weighted by atomic mass is 9.95. The molecule has 2 amide bonds. The Labute approximate surface area is 115 Å². The van der Waals surface area contributed by atoms with Crippen molar-refractivity contribution in [3.8, 4) is 0 Å². The Hall–Kier alpha value is -1.75. The number of amides is 2. The summed E-state index contributed by atoms with van der Waals surface area (Å²) in [4.78, 5) is 25.7. The molecule has 2 atom stereocenters. The van der Waals surface area contributed by atoms with Crippen LogP contribution in [-0.2, 0) is 9.59 Å². The zero-order valence-corrected chi connectivity index (χ0v) is 11.1. The average molecular weight is 278 g/mol. The molecule has 0 unspecified atom stereocenters. The second-order valence-corrected chi connectivity index (χ2v) is 5.44. The van der Waals surface area contributed by atoms with Crippen molar-refractivity contribution in [1.82, 2.24) is 0 Å². The number of carbonyl (C=O) groups excluding carboxylic acids is 2. The molecule has 0 bridgehead atoms. The number of imide groups is 1. The Morgan fingerprint density at radius 2 is 2.00 bits per heavy atom. The molecule has 98 valence electrons. The Bertz CT molecular complexity index is 584. The van der Waals surface area contributed by atoms with Gasteiger partial charge in [0.1, 0.15) is 5.50 Å². The largest absolute Gasteiger partial charge is 0.274 e. The molecule has 0 aromatic heterocycles. The molecule has 2 aliphatic heterocycles. The third-order valence-corrected chi connectivity index (χ3v) is 3.71. The van der Waals surface area contributed by atoms with Crippen molar-refractivity contribution >= 4 is 29.1 Å². The summed E-state index contributed by atoms with van der Waals surface area (Å²) in [5.41, 5.74) is 0.0494. The summed E-state index contributed by atoms with van der Waals surface area (Å²) in [5.74, 6) is -0.577.